The van der Waals surface area contributed by atoms with Crippen molar-refractivity contribution in [1.29, 1.82) is 0 Å². The number of fused-ring (bicyclic) bond motifs is 1. The molecule has 1 aromatic carbocycles. The van der Waals surface area contributed by atoms with Gasteiger partial charge >= 0.3 is 0 Å². The molecule has 0 radical (unpaired) electrons. The third-order valence-corrected chi connectivity index (χ3v) is 5.26. The fraction of sp³-hybridized carbons (Fsp3) is 0.333. The highest BCUT2D eigenvalue weighted by Crippen LogP contribution is 2.29. The molecule has 2 aromatic heterocycles. The van der Waals surface area contributed by atoms with Crippen LogP contribution in [0, 0.1) is 0 Å². The highest BCUT2D eigenvalue weighted by molar-refractivity contribution is 7.15. The molecule has 26 heavy (non-hydrogen) atoms. The van der Waals surface area contributed by atoms with E-state index in [1.165, 1.54) is 11.3 Å². The van der Waals surface area contributed by atoms with Crippen LogP contribution in [-0.4, -0.2) is 44.3 Å². The molecule has 8 heteroatoms. The Morgan fingerprint density at radius 1 is 1.42 bits per heavy atom. The number of amides is 1. The van der Waals surface area contributed by atoms with Gasteiger partial charge in [0.05, 0.1) is 16.3 Å². The zero-order valence-electron chi connectivity index (χ0n) is 14.3. The second-order valence-corrected chi connectivity index (χ2v) is 7.63. The Hall–Kier alpha value is -1.93. The summed E-state index contributed by atoms with van der Waals surface area (Å²) >= 11 is 7.59. The first-order chi connectivity index (χ1) is 12.4. The molecule has 1 amide bonds. The van der Waals surface area contributed by atoms with Gasteiger partial charge in [0.25, 0.3) is 5.91 Å². The highest BCUT2D eigenvalue weighted by atomic mass is 35.5. The fourth-order valence-corrected chi connectivity index (χ4v) is 3.74. The molecular formula is C18H20ClN3O3S. The Labute approximate surface area is 160 Å². The lowest BCUT2D eigenvalue weighted by Crippen LogP contribution is -2.41. The van der Waals surface area contributed by atoms with Crippen molar-refractivity contribution in [3.63, 3.8) is 0 Å². The maximum atomic E-state index is 12.5. The first-order valence-electron chi connectivity index (χ1n) is 8.24. The summed E-state index contributed by atoms with van der Waals surface area (Å²) in [6, 6.07) is 7.42. The van der Waals surface area contributed by atoms with Crippen LogP contribution >= 0.6 is 22.9 Å². The van der Waals surface area contributed by atoms with Crippen LogP contribution in [0.5, 0.6) is 0 Å². The van der Waals surface area contributed by atoms with Crippen LogP contribution in [0.3, 0.4) is 0 Å². The number of carbonyl (C=O) groups excluding carboxylic acids is 1. The van der Waals surface area contributed by atoms with Gasteiger partial charge in [-0.2, -0.15) is 0 Å². The van der Waals surface area contributed by atoms with Gasteiger partial charge < -0.3 is 15.5 Å². The first-order valence-corrected chi connectivity index (χ1v) is 9.50. The van der Waals surface area contributed by atoms with Crippen LogP contribution in [-0.2, 0) is 0 Å². The van der Waals surface area contributed by atoms with Crippen LogP contribution < -0.4 is 5.32 Å². The number of hydrogen-bond donors (Lipinski definition) is 3. The lowest BCUT2D eigenvalue weighted by molar-refractivity contribution is 0.0414. The minimum absolute atomic E-state index is 0.00904. The molecule has 3 N–H and O–H groups in total. The average molecular weight is 394 g/mol. The van der Waals surface area contributed by atoms with Gasteiger partial charge in [0.15, 0.2) is 4.96 Å². The van der Waals surface area contributed by atoms with E-state index in [9.17, 15) is 9.90 Å². The molecule has 0 unspecified atom stereocenters. The largest absolute Gasteiger partial charge is 0.396 e. The lowest BCUT2D eigenvalue weighted by atomic mass is 10.0. The van der Waals surface area contributed by atoms with Gasteiger partial charge in [0, 0.05) is 30.3 Å². The molecule has 1 atom stereocenters. The van der Waals surface area contributed by atoms with Crippen LogP contribution in [0.1, 0.15) is 30.3 Å². The number of imidazole rings is 1. The molecule has 2 heterocycles. The molecule has 6 nitrogen and oxygen atoms in total. The van der Waals surface area contributed by atoms with Crippen molar-refractivity contribution in [3.8, 4) is 11.3 Å². The molecule has 0 aliphatic rings. The van der Waals surface area contributed by atoms with Crippen molar-refractivity contribution in [1.82, 2.24) is 14.7 Å². The molecule has 0 aliphatic heterocycles. The normalized spacial score (nSPS) is 13.7. The number of benzene rings is 1. The standard InChI is InChI=1S/C18H20ClN3O3S/c1-18(25,7-4-8-23)11-20-16(24)15-10-26-17-21-14(9-22(15)17)12-5-2-3-6-13(12)19/h2-3,5-6,9-10,23,25H,4,7-8,11H2,1H3,(H,20,24)/t18-/m1/s1. The number of thiazole rings is 1. The number of hydrogen-bond acceptors (Lipinski definition) is 5. The summed E-state index contributed by atoms with van der Waals surface area (Å²) in [5.41, 5.74) is 0.897. The minimum Gasteiger partial charge on any atom is -0.396 e. The maximum Gasteiger partial charge on any atom is 0.269 e. The van der Waals surface area contributed by atoms with E-state index in [0.717, 1.165) is 5.56 Å². The first kappa shape index (κ1) is 18.8. The minimum atomic E-state index is -1.06. The molecule has 3 aromatic rings. The Bertz CT molecular complexity index is 919. The Morgan fingerprint density at radius 3 is 2.92 bits per heavy atom. The highest BCUT2D eigenvalue weighted by Gasteiger charge is 2.22. The summed E-state index contributed by atoms with van der Waals surface area (Å²) < 4.78 is 1.72. The summed E-state index contributed by atoms with van der Waals surface area (Å²) in [5, 5.41) is 24.2. The predicted molar refractivity (Wildman–Crippen MR) is 103 cm³/mol. The van der Waals surface area contributed by atoms with E-state index in [1.807, 2.05) is 18.2 Å². The van der Waals surface area contributed by atoms with Gasteiger partial charge in [-0.3, -0.25) is 9.20 Å². The SMILES string of the molecule is C[C@@](O)(CCCO)CNC(=O)c1csc2nc(-c3ccccc3Cl)cn12. The van der Waals surface area contributed by atoms with Gasteiger partial charge in [-0.25, -0.2) is 4.98 Å². The van der Waals surface area contributed by atoms with Gasteiger partial charge in [-0.05, 0) is 25.8 Å². The molecule has 0 aliphatic carbocycles. The van der Waals surface area contributed by atoms with E-state index in [0.29, 0.717) is 34.2 Å². The fourth-order valence-electron chi connectivity index (χ4n) is 2.66. The topological polar surface area (TPSA) is 86.9 Å². The summed E-state index contributed by atoms with van der Waals surface area (Å²) in [7, 11) is 0. The van der Waals surface area contributed by atoms with Crippen LogP contribution in [0.15, 0.2) is 35.8 Å². The van der Waals surface area contributed by atoms with E-state index in [1.54, 1.807) is 29.0 Å². The van der Waals surface area contributed by atoms with Gasteiger partial charge in [-0.1, -0.05) is 29.8 Å². The number of aromatic nitrogens is 2. The molecule has 0 spiro atoms. The zero-order valence-corrected chi connectivity index (χ0v) is 15.8. The summed E-state index contributed by atoms with van der Waals surface area (Å²) in [5.74, 6) is -0.288. The third-order valence-electron chi connectivity index (χ3n) is 4.09. The second kappa shape index (κ2) is 7.75. The van der Waals surface area contributed by atoms with Crippen molar-refractivity contribution in [2.24, 2.45) is 0 Å². The molecular weight excluding hydrogens is 374 g/mol. The van der Waals surface area contributed by atoms with Crippen molar-refractivity contribution in [2.45, 2.75) is 25.4 Å². The van der Waals surface area contributed by atoms with Gasteiger partial charge in [-0.15, -0.1) is 11.3 Å². The molecule has 0 bridgehead atoms. The van der Waals surface area contributed by atoms with E-state index in [-0.39, 0.29) is 19.1 Å². The predicted octanol–water partition coefficient (Wildman–Crippen LogP) is 2.97. The van der Waals surface area contributed by atoms with Crippen molar-refractivity contribution >= 4 is 33.8 Å². The Morgan fingerprint density at radius 2 is 2.19 bits per heavy atom. The Kier molecular flexibility index (Phi) is 5.62. The maximum absolute atomic E-state index is 12.5. The molecule has 0 saturated carbocycles. The number of carbonyl (C=O) groups is 1. The Balaban J connectivity index is 1.78. The van der Waals surface area contributed by atoms with Crippen molar-refractivity contribution < 1.29 is 15.0 Å². The monoisotopic (exact) mass is 393 g/mol. The summed E-state index contributed by atoms with van der Waals surface area (Å²) in [6.07, 6.45) is 2.67. The second-order valence-electron chi connectivity index (χ2n) is 6.39. The molecule has 3 rings (SSSR count). The van der Waals surface area contributed by atoms with Gasteiger partial charge in [0.2, 0.25) is 0 Å². The number of nitrogens with one attached hydrogen (secondary N) is 1. The average Bonchev–Trinajstić information content (AvgIpc) is 3.19. The van der Waals surface area contributed by atoms with Crippen LogP contribution in [0.25, 0.3) is 16.2 Å². The van der Waals surface area contributed by atoms with E-state index >= 15 is 0 Å². The van der Waals surface area contributed by atoms with Gasteiger partial charge in [0.1, 0.15) is 5.69 Å². The van der Waals surface area contributed by atoms with Crippen LogP contribution in [0.4, 0.5) is 0 Å². The summed E-state index contributed by atoms with van der Waals surface area (Å²) in [6.45, 7) is 1.75. The zero-order chi connectivity index (χ0) is 18.7. The third kappa shape index (κ3) is 4.07. The van der Waals surface area contributed by atoms with E-state index in [4.69, 9.17) is 16.7 Å². The molecule has 0 fully saturated rings. The quantitative estimate of drug-likeness (QED) is 0.576. The van der Waals surface area contributed by atoms with Crippen molar-refractivity contribution in [3.05, 3.63) is 46.6 Å². The van der Waals surface area contributed by atoms with Crippen LogP contribution in [0.2, 0.25) is 5.02 Å². The molecule has 0 saturated heterocycles. The van der Waals surface area contributed by atoms with E-state index in [2.05, 4.69) is 10.3 Å². The number of aliphatic hydroxyl groups excluding tert-OH is 1. The number of aliphatic hydroxyl groups is 2. The lowest BCUT2D eigenvalue weighted by Gasteiger charge is -2.23. The smallest absolute Gasteiger partial charge is 0.269 e. The molecule has 138 valence electrons. The van der Waals surface area contributed by atoms with Crippen molar-refractivity contribution in [2.75, 3.05) is 13.2 Å². The summed E-state index contributed by atoms with van der Waals surface area (Å²) in [4.78, 5) is 17.7. The number of rotatable bonds is 7. The van der Waals surface area contributed by atoms with E-state index < -0.39 is 5.60 Å². The number of halogens is 1. The number of nitrogens with zero attached hydrogens (tertiary/aromatic N) is 2.